The van der Waals surface area contributed by atoms with Gasteiger partial charge in [0.15, 0.2) is 0 Å². The number of hydrogen-bond donors (Lipinski definition) is 2. The number of amides is 2. The summed E-state index contributed by atoms with van der Waals surface area (Å²) in [6, 6.07) is 4.13. The van der Waals surface area contributed by atoms with Crippen molar-refractivity contribution < 1.29 is 9.90 Å². The van der Waals surface area contributed by atoms with E-state index >= 15 is 0 Å². The Kier molecular flexibility index (Phi) is 5.38. The highest BCUT2D eigenvalue weighted by atomic mass is 35.5. The number of aryl methyl sites for hydroxylation is 1. The Morgan fingerprint density at radius 2 is 2.06 bits per heavy atom. The van der Waals surface area contributed by atoms with Gasteiger partial charge in [0.2, 0.25) is 0 Å². The molecule has 0 unspecified atom stereocenters. The summed E-state index contributed by atoms with van der Waals surface area (Å²) < 4.78 is 0. The molecule has 1 aromatic rings. The Labute approximate surface area is 110 Å². The van der Waals surface area contributed by atoms with Gasteiger partial charge in [-0.15, -0.1) is 23.2 Å². The van der Waals surface area contributed by atoms with Crippen LogP contribution in [-0.2, 0) is 6.42 Å². The highest BCUT2D eigenvalue weighted by Gasteiger charge is 2.15. The molecule has 0 aliphatic heterocycles. The molecule has 17 heavy (non-hydrogen) atoms. The molecule has 2 amide bonds. The second-order valence-electron chi connectivity index (χ2n) is 3.43. The van der Waals surface area contributed by atoms with Crippen molar-refractivity contribution in [2.75, 3.05) is 23.2 Å². The Balaban J connectivity index is 3.12. The second-order valence-corrected chi connectivity index (χ2v) is 4.19. The summed E-state index contributed by atoms with van der Waals surface area (Å²) in [4.78, 5) is 12.7. The monoisotopic (exact) mass is 276 g/mol. The third kappa shape index (κ3) is 3.68. The Morgan fingerprint density at radius 3 is 2.59 bits per heavy atom. The minimum absolute atomic E-state index is 0.129. The molecule has 0 bridgehead atoms. The van der Waals surface area contributed by atoms with Gasteiger partial charge in [-0.2, -0.15) is 0 Å². The molecular formula is C11H14Cl2N2O2. The Morgan fingerprint density at radius 1 is 1.35 bits per heavy atom. The number of aromatic hydroxyl groups is 1. The number of nitrogens with two attached hydrogens (primary N) is 1. The summed E-state index contributed by atoms with van der Waals surface area (Å²) >= 11 is 11.3. The van der Waals surface area contributed by atoms with Crippen LogP contribution >= 0.6 is 23.2 Å². The maximum atomic E-state index is 11.3. The molecule has 0 aliphatic rings. The lowest BCUT2D eigenvalue weighted by Gasteiger charge is -2.22. The topological polar surface area (TPSA) is 66.6 Å². The number of phenols is 1. The Hall–Kier alpha value is -1.13. The van der Waals surface area contributed by atoms with Gasteiger partial charge in [-0.3, -0.25) is 4.90 Å². The van der Waals surface area contributed by atoms with Gasteiger partial charge in [-0.1, -0.05) is 0 Å². The number of nitrogens with zero attached hydrogens (tertiary/aromatic N) is 1. The van der Waals surface area contributed by atoms with Gasteiger partial charge in [0, 0.05) is 24.0 Å². The average Bonchev–Trinajstić information content (AvgIpc) is 2.27. The van der Waals surface area contributed by atoms with Gasteiger partial charge >= 0.3 is 6.03 Å². The van der Waals surface area contributed by atoms with Gasteiger partial charge in [0.25, 0.3) is 0 Å². The van der Waals surface area contributed by atoms with Crippen molar-refractivity contribution in [1.82, 2.24) is 0 Å². The van der Waals surface area contributed by atoms with Crippen LogP contribution in [0.15, 0.2) is 18.2 Å². The summed E-state index contributed by atoms with van der Waals surface area (Å²) in [5.41, 5.74) is 6.69. The molecule has 0 spiro atoms. The number of hydrogen-bond acceptors (Lipinski definition) is 2. The van der Waals surface area contributed by atoms with E-state index in [9.17, 15) is 9.90 Å². The van der Waals surface area contributed by atoms with Gasteiger partial charge in [-0.25, -0.2) is 4.79 Å². The van der Waals surface area contributed by atoms with E-state index < -0.39 is 6.03 Å². The minimum atomic E-state index is -0.577. The van der Waals surface area contributed by atoms with E-state index in [-0.39, 0.29) is 11.6 Å². The van der Waals surface area contributed by atoms with Crippen molar-refractivity contribution in [3.8, 4) is 5.75 Å². The summed E-state index contributed by atoms with van der Waals surface area (Å²) in [6.45, 7) is 0.316. The number of alkyl halides is 2. The predicted octanol–water partition coefficient (Wildman–Crippen LogP) is 2.30. The average molecular weight is 277 g/mol. The third-order valence-electron chi connectivity index (χ3n) is 2.29. The first-order valence-electron chi connectivity index (χ1n) is 5.11. The predicted molar refractivity (Wildman–Crippen MR) is 70.2 cm³/mol. The molecule has 94 valence electrons. The number of phenolic OH excluding ortho intramolecular Hbond substituents is 1. The smallest absolute Gasteiger partial charge is 0.319 e. The lowest BCUT2D eigenvalue weighted by atomic mass is 10.1. The summed E-state index contributed by atoms with van der Waals surface area (Å²) in [7, 11) is 0. The molecule has 0 aromatic heterocycles. The largest absolute Gasteiger partial charge is 0.508 e. The zero-order valence-corrected chi connectivity index (χ0v) is 10.7. The maximum absolute atomic E-state index is 11.3. The fourth-order valence-electron chi connectivity index (χ4n) is 1.57. The molecule has 0 radical (unpaired) electrons. The van der Waals surface area contributed by atoms with Crippen LogP contribution in [0.1, 0.15) is 5.56 Å². The lowest BCUT2D eigenvalue weighted by Crippen LogP contribution is -2.37. The highest BCUT2D eigenvalue weighted by Crippen LogP contribution is 2.25. The van der Waals surface area contributed by atoms with Crippen LogP contribution in [0.2, 0.25) is 0 Å². The molecule has 0 fully saturated rings. The van der Waals surface area contributed by atoms with Crippen molar-refractivity contribution >= 4 is 34.9 Å². The first kappa shape index (κ1) is 13.9. The summed E-state index contributed by atoms with van der Waals surface area (Å²) in [5, 5.41) is 9.41. The van der Waals surface area contributed by atoms with Crippen molar-refractivity contribution in [2.45, 2.75) is 6.42 Å². The van der Waals surface area contributed by atoms with E-state index in [0.29, 0.717) is 24.5 Å². The van der Waals surface area contributed by atoms with Crippen LogP contribution in [0.5, 0.6) is 5.75 Å². The molecular weight excluding hydrogens is 263 g/mol. The fraction of sp³-hybridized carbons (Fsp3) is 0.364. The van der Waals surface area contributed by atoms with Crippen molar-refractivity contribution in [3.05, 3.63) is 23.8 Å². The lowest BCUT2D eigenvalue weighted by molar-refractivity contribution is 0.254. The van der Waals surface area contributed by atoms with Crippen LogP contribution in [0.4, 0.5) is 10.5 Å². The van der Waals surface area contributed by atoms with E-state index in [2.05, 4.69) is 0 Å². The van der Waals surface area contributed by atoms with Crippen molar-refractivity contribution in [2.24, 2.45) is 5.73 Å². The molecule has 3 N–H and O–H groups in total. The highest BCUT2D eigenvalue weighted by molar-refractivity contribution is 6.18. The van der Waals surface area contributed by atoms with Gasteiger partial charge < -0.3 is 10.8 Å². The number of carbonyl (C=O) groups is 1. The molecule has 0 atom stereocenters. The van der Waals surface area contributed by atoms with E-state index in [4.69, 9.17) is 28.9 Å². The second kappa shape index (κ2) is 6.57. The molecule has 6 heteroatoms. The first-order chi connectivity index (χ1) is 8.10. The first-order valence-corrected chi connectivity index (χ1v) is 6.18. The molecule has 0 saturated heterocycles. The SMILES string of the molecule is NC(=O)N(CCCl)c1ccc(O)cc1CCCl. The van der Waals surface area contributed by atoms with Gasteiger partial charge in [-0.05, 0) is 30.2 Å². The van der Waals surface area contributed by atoms with Crippen LogP contribution in [0.25, 0.3) is 0 Å². The van der Waals surface area contributed by atoms with Crippen LogP contribution in [0, 0.1) is 0 Å². The zero-order chi connectivity index (χ0) is 12.8. The van der Waals surface area contributed by atoms with E-state index in [0.717, 1.165) is 5.56 Å². The third-order valence-corrected chi connectivity index (χ3v) is 2.65. The van der Waals surface area contributed by atoms with E-state index in [1.165, 1.54) is 11.0 Å². The zero-order valence-electron chi connectivity index (χ0n) is 9.20. The minimum Gasteiger partial charge on any atom is -0.508 e. The van der Waals surface area contributed by atoms with Crippen LogP contribution in [-0.4, -0.2) is 29.4 Å². The van der Waals surface area contributed by atoms with Crippen LogP contribution in [0.3, 0.4) is 0 Å². The molecule has 0 aliphatic carbocycles. The molecule has 0 heterocycles. The molecule has 0 saturated carbocycles. The van der Waals surface area contributed by atoms with Crippen LogP contribution < -0.4 is 10.6 Å². The summed E-state index contributed by atoms with van der Waals surface area (Å²) in [6.07, 6.45) is 0.539. The molecule has 4 nitrogen and oxygen atoms in total. The number of rotatable bonds is 5. The molecule has 1 aromatic carbocycles. The van der Waals surface area contributed by atoms with Crippen molar-refractivity contribution in [1.29, 1.82) is 0 Å². The number of primary amides is 1. The normalized spacial score (nSPS) is 10.2. The number of halogens is 2. The van der Waals surface area contributed by atoms with Gasteiger partial charge in [0.05, 0.1) is 0 Å². The number of urea groups is 1. The standard InChI is InChI=1S/C11H14Cl2N2O2/c12-4-3-8-7-9(16)1-2-10(8)15(6-5-13)11(14)17/h1-2,7,16H,3-6H2,(H2,14,17). The number of carbonyl (C=O) groups excluding carboxylic acids is 1. The fourth-order valence-corrected chi connectivity index (χ4v) is 1.94. The Bertz CT molecular complexity index is 399. The van der Waals surface area contributed by atoms with Crippen molar-refractivity contribution in [3.63, 3.8) is 0 Å². The number of anilines is 1. The maximum Gasteiger partial charge on any atom is 0.319 e. The van der Waals surface area contributed by atoms with Gasteiger partial charge in [0.1, 0.15) is 5.75 Å². The quantitative estimate of drug-likeness (QED) is 0.811. The summed E-state index contributed by atoms with van der Waals surface area (Å²) in [5.74, 6) is 0.804. The molecule has 1 rings (SSSR count). The number of benzene rings is 1. The van der Waals surface area contributed by atoms with E-state index in [1.54, 1.807) is 12.1 Å². The van der Waals surface area contributed by atoms with E-state index in [1.807, 2.05) is 0 Å².